The van der Waals surface area contributed by atoms with E-state index in [2.05, 4.69) is 9.08 Å². The molecule has 2 aliphatic rings. The summed E-state index contributed by atoms with van der Waals surface area (Å²) in [6, 6.07) is 0. The van der Waals surface area contributed by atoms with E-state index in [0.717, 1.165) is 6.54 Å². The van der Waals surface area contributed by atoms with Gasteiger partial charge in [-0.15, -0.1) is 0 Å². The summed E-state index contributed by atoms with van der Waals surface area (Å²) in [5, 5.41) is 0. The predicted octanol–water partition coefficient (Wildman–Crippen LogP) is -0.532. The largest absolute Gasteiger partial charge is 0.750 e. The van der Waals surface area contributed by atoms with Gasteiger partial charge in [-0.1, -0.05) is 0 Å². The third-order valence-electron chi connectivity index (χ3n) is 3.95. The second-order valence-corrected chi connectivity index (χ2v) is 6.89. The van der Waals surface area contributed by atoms with Crippen molar-refractivity contribution < 1.29 is 31.9 Å². The number of carbonyl (C=O) groups excluding carboxylic acids is 1. The highest BCUT2D eigenvalue weighted by Gasteiger charge is 2.46. The normalized spacial score (nSPS) is 23.0. The van der Waals surface area contributed by atoms with E-state index in [0.29, 0.717) is 33.0 Å². The predicted molar refractivity (Wildman–Crippen MR) is 75.6 cm³/mol. The van der Waals surface area contributed by atoms with E-state index in [1.165, 1.54) is 0 Å². The molecule has 0 aliphatic carbocycles. The molecule has 2 aliphatic heterocycles. The standard InChI is InChI=1S/C13H23NO7S/c1-12(2,7-21-22(16)17)11(15)20-6-4-14-3-5-18-8-13(14)9-19-10-13/h3-10H2,1-2H3,(H,16,17)/p-1. The number of ether oxygens (including phenoxy) is 3. The topological polar surface area (TPSA) is 97.4 Å². The molecule has 0 aromatic heterocycles. The molecule has 0 N–H and O–H groups in total. The minimum Gasteiger partial charge on any atom is -0.750 e. The Morgan fingerprint density at radius 1 is 1.36 bits per heavy atom. The number of hydrogen-bond donors (Lipinski definition) is 0. The quantitative estimate of drug-likeness (QED) is 0.452. The molecular weight excluding hydrogens is 314 g/mol. The van der Waals surface area contributed by atoms with E-state index < -0.39 is 22.7 Å². The average molecular weight is 336 g/mol. The minimum absolute atomic E-state index is 0.0806. The van der Waals surface area contributed by atoms with Gasteiger partial charge >= 0.3 is 5.97 Å². The van der Waals surface area contributed by atoms with Gasteiger partial charge in [-0.2, -0.15) is 0 Å². The summed E-state index contributed by atoms with van der Waals surface area (Å²) in [7, 11) is 0. The Morgan fingerprint density at radius 2 is 2.05 bits per heavy atom. The van der Waals surface area contributed by atoms with Crippen molar-refractivity contribution in [3.8, 4) is 0 Å². The third kappa shape index (κ3) is 4.24. The van der Waals surface area contributed by atoms with Gasteiger partial charge in [-0.25, -0.2) is 4.21 Å². The summed E-state index contributed by atoms with van der Waals surface area (Å²) in [6.07, 6.45) is 0. The summed E-state index contributed by atoms with van der Waals surface area (Å²) in [4.78, 5) is 14.2. The molecule has 0 radical (unpaired) electrons. The molecular formula is C13H22NO7S-. The van der Waals surface area contributed by atoms with Crippen molar-refractivity contribution in [2.75, 3.05) is 52.7 Å². The van der Waals surface area contributed by atoms with Crippen LogP contribution in [-0.4, -0.2) is 77.9 Å². The number of rotatable bonds is 7. The maximum atomic E-state index is 12.0. The highest BCUT2D eigenvalue weighted by Crippen LogP contribution is 2.28. The zero-order chi connectivity index (χ0) is 16.2. The van der Waals surface area contributed by atoms with Crippen LogP contribution >= 0.6 is 0 Å². The number of esters is 1. The van der Waals surface area contributed by atoms with Crippen LogP contribution < -0.4 is 0 Å². The molecule has 2 saturated heterocycles. The molecule has 1 atom stereocenters. The Kier molecular flexibility index (Phi) is 5.92. The van der Waals surface area contributed by atoms with E-state index in [1.54, 1.807) is 13.8 Å². The van der Waals surface area contributed by atoms with Crippen molar-refractivity contribution in [1.29, 1.82) is 0 Å². The van der Waals surface area contributed by atoms with Crippen LogP contribution in [0.3, 0.4) is 0 Å². The Bertz CT molecular complexity index is 425. The van der Waals surface area contributed by atoms with Gasteiger partial charge < -0.3 is 18.8 Å². The van der Waals surface area contributed by atoms with Crippen LogP contribution in [-0.2, 0) is 34.5 Å². The first-order chi connectivity index (χ1) is 10.4. The lowest BCUT2D eigenvalue weighted by Gasteiger charge is -2.51. The van der Waals surface area contributed by atoms with Crippen molar-refractivity contribution in [2.45, 2.75) is 19.4 Å². The molecule has 0 saturated carbocycles. The average Bonchev–Trinajstić information content (AvgIpc) is 2.44. The molecule has 2 fully saturated rings. The van der Waals surface area contributed by atoms with Crippen molar-refractivity contribution in [2.24, 2.45) is 5.41 Å². The molecule has 1 unspecified atom stereocenters. The van der Waals surface area contributed by atoms with E-state index in [-0.39, 0.29) is 18.8 Å². The molecule has 2 heterocycles. The van der Waals surface area contributed by atoms with Gasteiger partial charge in [0.1, 0.15) is 6.61 Å². The van der Waals surface area contributed by atoms with Crippen LogP contribution in [0.5, 0.6) is 0 Å². The van der Waals surface area contributed by atoms with E-state index in [9.17, 15) is 13.6 Å². The van der Waals surface area contributed by atoms with E-state index in [4.69, 9.17) is 14.2 Å². The van der Waals surface area contributed by atoms with Crippen LogP contribution in [0.1, 0.15) is 13.8 Å². The van der Waals surface area contributed by atoms with Crippen molar-refractivity contribution in [3.05, 3.63) is 0 Å². The summed E-state index contributed by atoms with van der Waals surface area (Å²) in [5.74, 6) is -0.481. The Morgan fingerprint density at radius 3 is 2.64 bits per heavy atom. The lowest BCUT2D eigenvalue weighted by Crippen LogP contribution is -2.68. The summed E-state index contributed by atoms with van der Waals surface area (Å²) < 4.78 is 41.3. The second-order valence-electron chi connectivity index (χ2n) is 6.24. The maximum absolute atomic E-state index is 12.0. The molecule has 2 rings (SSSR count). The number of morpholine rings is 1. The lowest BCUT2D eigenvalue weighted by molar-refractivity contribution is -0.200. The maximum Gasteiger partial charge on any atom is 0.313 e. The monoisotopic (exact) mass is 336 g/mol. The smallest absolute Gasteiger partial charge is 0.313 e. The summed E-state index contributed by atoms with van der Waals surface area (Å²) in [5.41, 5.74) is -1.09. The lowest BCUT2D eigenvalue weighted by atomic mass is 9.94. The minimum atomic E-state index is -2.64. The highest BCUT2D eigenvalue weighted by molar-refractivity contribution is 7.74. The van der Waals surface area contributed by atoms with Crippen molar-refractivity contribution in [1.82, 2.24) is 4.90 Å². The van der Waals surface area contributed by atoms with Crippen LogP contribution in [0, 0.1) is 5.41 Å². The SMILES string of the molecule is CC(C)(COS(=O)[O-])C(=O)OCCN1CCOCC12COC2. The van der Waals surface area contributed by atoms with Crippen molar-refractivity contribution >= 4 is 17.3 Å². The van der Waals surface area contributed by atoms with Gasteiger partial charge in [-0.3, -0.25) is 13.9 Å². The van der Waals surface area contributed by atoms with Gasteiger partial charge in [0, 0.05) is 13.1 Å². The van der Waals surface area contributed by atoms with Crippen LogP contribution in [0.2, 0.25) is 0 Å². The Hall–Kier alpha value is -0.580. The Balaban J connectivity index is 1.75. The second kappa shape index (κ2) is 7.33. The first kappa shape index (κ1) is 17.8. The number of hydrogen-bond acceptors (Lipinski definition) is 8. The first-order valence-corrected chi connectivity index (χ1v) is 8.16. The fraction of sp³-hybridized carbons (Fsp3) is 0.923. The first-order valence-electron chi connectivity index (χ1n) is 7.16. The molecule has 128 valence electrons. The molecule has 0 bridgehead atoms. The van der Waals surface area contributed by atoms with Crippen LogP contribution in [0.15, 0.2) is 0 Å². The molecule has 0 aromatic carbocycles. The van der Waals surface area contributed by atoms with Gasteiger partial charge in [0.05, 0.1) is 55.3 Å². The van der Waals surface area contributed by atoms with Crippen LogP contribution in [0.4, 0.5) is 0 Å². The fourth-order valence-electron chi connectivity index (χ4n) is 2.42. The zero-order valence-corrected chi connectivity index (χ0v) is 13.7. The van der Waals surface area contributed by atoms with Gasteiger partial charge in [0.25, 0.3) is 0 Å². The van der Waals surface area contributed by atoms with Gasteiger partial charge in [-0.05, 0) is 13.8 Å². The van der Waals surface area contributed by atoms with Gasteiger partial charge in [0.15, 0.2) is 0 Å². The Labute approximate surface area is 132 Å². The summed E-state index contributed by atoms with van der Waals surface area (Å²) >= 11 is -2.64. The van der Waals surface area contributed by atoms with E-state index >= 15 is 0 Å². The number of carbonyl (C=O) groups is 1. The van der Waals surface area contributed by atoms with Crippen molar-refractivity contribution in [3.63, 3.8) is 0 Å². The fourth-order valence-corrected chi connectivity index (χ4v) is 2.81. The molecule has 8 nitrogen and oxygen atoms in total. The molecule has 1 spiro atoms. The van der Waals surface area contributed by atoms with E-state index in [1.807, 2.05) is 0 Å². The number of nitrogens with zero attached hydrogens (tertiary/aromatic N) is 1. The molecule has 9 heteroatoms. The third-order valence-corrected chi connectivity index (χ3v) is 4.26. The van der Waals surface area contributed by atoms with Gasteiger partial charge in [0.2, 0.25) is 0 Å². The summed E-state index contributed by atoms with van der Waals surface area (Å²) in [6.45, 7) is 7.11. The molecule has 0 amide bonds. The molecule has 0 aromatic rings. The zero-order valence-electron chi connectivity index (χ0n) is 12.9. The van der Waals surface area contributed by atoms with Crippen LogP contribution in [0.25, 0.3) is 0 Å². The molecule has 22 heavy (non-hydrogen) atoms. The highest BCUT2D eigenvalue weighted by atomic mass is 32.2.